The van der Waals surface area contributed by atoms with E-state index in [-0.39, 0.29) is 23.7 Å². The molecule has 2 aromatic carbocycles. The Morgan fingerprint density at radius 2 is 1.88 bits per heavy atom. The van der Waals surface area contributed by atoms with Crippen molar-refractivity contribution in [2.24, 2.45) is 5.73 Å². The summed E-state index contributed by atoms with van der Waals surface area (Å²) in [5.41, 5.74) is 6.84. The molecule has 132 valence electrons. The number of ether oxygens (including phenoxy) is 1. The molecule has 0 bridgehead atoms. The molecule has 0 saturated heterocycles. The number of primary amides is 1. The highest BCUT2D eigenvalue weighted by Gasteiger charge is 2.12. The minimum absolute atomic E-state index is 0.202. The molecule has 0 unspecified atom stereocenters. The van der Waals surface area contributed by atoms with E-state index in [4.69, 9.17) is 10.5 Å². The molecule has 1 aromatic heterocycles. The van der Waals surface area contributed by atoms with Crippen molar-refractivity contribution in [3.05, 3.63) is 65.3 Å². The number of amides is 2. The van der Waals surface area contributed by atoms with Crippen molar-refractivity contribution in [2.75, 3.05) is 11.9 Å². The van der Waals surface area contributed by atoms with Crippen LogP contribution in [0.15, 0.2) is 53.9 Å². The predicted molar refractivity (Wildman–Crippen MR) is 96.6 cm³/mol. The molecule has 2 amide bonds. The molecule has 1 heterocycles. The summed E-state index contributed by atoms with van der Waals surface area (Å²) in [4.78, 5) is 27.6. The van der Waals surface area contributed by atoms with Crippen molar-refractivity contribution >= 4 is 28.3 Å². The van der Waals surface area contributed by atoms with Crippen LogP contribution in [0.2, 0.25) is 0 Å². The van der Waals surface area contributed by atoms with Crippen molar-refractivity contribution in [3.8, 4) is 17.0 Å². The molecular weight excluding hydrogens is 357 g/mol. The number of thiazole rings is 1. The van der Waals surface area contributed by atoms with Crippen LogP contribution in [0.3, 0.4) is 0 Å². The van der Waals surface area contributed by atoms with E-state index in [9.17, 15) is 14.0 Å². The van der Waals surface area contributed by atoms with Gasteiger partial charge in [-0.05, 0) is 36.4 Å². The number of nitrogens with two attached hydrogens (primary N) is 1. The van der Waals surface area contributed by atoms with Crippen molar-refractivity contribution in [2.45, 2.75) is 0 Å². The largest absolute Gasteiger partial charge is 0.483 e. The highest BCUT2D eigenvalue weighted by atomic mass is 32.1. The first kappa shape index (κ1) is 17.6. The number of nitrogens with zero attached hydrogens (tertiary/aromatic N) is 1. The van der Waals surface area contributed by atoms with E-state index in [0.717, 1.165) is 5.56 Å². The van der Waals surface area contributed by atoms with Crippen LogP contribution in [0, 0.1) is 5.82 Å². The Balaban J connectivity index is 1.61. The van der Waals surface area contributed by atoms with Crippen LogP contribution in [-0.4, -0.2) is 23.4 Å². The normalized spacial score (nSPS) is 10.3. The first-order chi connectivity index (χ1) is 12.5. The summed E-state index contributed by atoms with van der Waals surface area (Å²) in [6.45, 7) is -0.296. The van der Waals surface area contributed by atoms with E-state index >= 15 is 0 Å². The highest BCUT2D eigenvalue weighted by Crippen LogP contribution is 2.25. The second-order valence-corrected chi connectivity index (χ2v) is 6.10. The summed E-state index contributed by atoms with van der Waals surface area (Å²) in [6.07, 6.45) is 0. The lowest BCUT2D eigenvalue weighted by Crippen LogP contribution is -2.21. The predicted octanol–water partition coefficient (Wildman–Crippen LogP) is 3.07. The number of para-hydroxylation sites is 1. The summed E-state index contributed by atoms with van der Waals surface area (Å²) >= 11 is 1.24. The smallest absolute Gasteiger partial charge is 0.264 e. The van der Waals surface area contributed by atoms with Gasteiger partial charge in [-0.1, -0.05) is 12.1 Å². The Labute approximate surface area is 152 Å². The third kappa shape index (κ3) is 4.22. The van der Waals surface area contributed by atoms with Gasteiger partial charge >= 0.3 is 0 Å². The maximum atomic E-state index is 13.0. The van der Waals surface area contributed by atoms with Crippen LogP contribution in [0.5, 0.6) is 5.75 Å². The molecule has 3 rings (SSSR count). The lowest BCUT2D eigenvalue weighted by atomic mass is 10.2. The van der Waals surface area contributed by atoms with Gasteiger partial charge in [0.25, 0.3) is 11.8 Å². The highest BCUT2D eigenvalue weighted by molar-refractivity contribution is 7.14. The minimum Gasteiger partial charge on any atom is -0.483 e. The van der Waals surface area contributed by atoms with Gasteiger partial charge in [-0.15, -0.1) is 11.3 Å². The minimum atomic E-state index is -0.634. The Morgan fingerprint density at radius 3 is 2.62 bits per heavy atom. The maximum Gasteiger partial charge on any atom is 0.264 e. The third-order valence-electron chi connectivity index (χ3n) is 3.40. The lowest BCUT2D eigenvalue weighted by Gasteiger charge is -2.08. The quantitative estimate of drug-likeness (QED) is 0.696. The van der Waals surface area contributed by atoms with E-state index in [2.05, 4.69) is 10.3 Å². The fraction of sp³-hybridized carbons (Fsp3) is 0.0556. The molecule has 3 aromatic rings. The molecule has 0 spiro atoms. The summed E-state index contributed by atoms with van der Waals surface area (Å²) in [7, 11) is 0. The van der Waals surface area contributed by atoms with E-state index in [1.807, 2.05) is 0 Å². The van der Waals surface area contributed by atoms with E-state index in [1.165, 1.54) is 29.5 Å². The molecule has 0 aliphatic carbocycles. The maximum absolute atomic E-state index is 13.0. The Hall–Kier alpha value is -3.26. The Kier molecular flexibility index (Phi) is 5.23. The number of anilines is 1. The molecular formula is C18H14FN3O3S. The van der Waals surface area contributed by atoms with Crippen molar-refractivity contribution < 1.29 is 18.7 Å². The standard InChI is InChI=1S/C18H14FN3O3S/c19-12-7-5-11(6-8-12)14-10-26-18(21-14)22-16(23)9-25-15-4-2-1-3-13(15)17(20)24/h1-8,10H,9H2,(H2,20,24)(H,21,22,23). The third-order valence-corrected chi connectivity index (χ3v) is 4.16. The molecule has 0 aliphatic rings. The number of carbonyl (C=O) groups excluding carboxylic acids is 2. The van der Waals surface area contributed by atoms with Gasteiger partial charge in [-0.25, -0.2) is 9.37 Å². The zero-order valence-corrected chi connectivity index (χ0v) is 14.3. The number of hydrogen-bond donors (Lipinski definition) is 2. The fourth-order valence-corrected chi connectivity index (χ4v) is 2.91. The van der Waals surface area contributed by atoms with Gasteiger partial charge in [0.1, 0.15) is 11.6 Å². The van der Waals surface area contributed by atoms with Crippen LogP contribution < -0.4 is 15.8 Å². The van der Waals surface area contributed by atoms with Crippen molar-refractivity contribution in [1.29, 1.82) is 0 Å². The Morgan fingerprint density at radius 1 is 1.15 bits per heavy atom. The first-order valence-corrected chi connectivity index (χ1v) is 8.44. The molecule has 26 heavy (non-hydrogen) atoms. The number of aromatic nitrogens is 1. The van der Waals surface area contributed by atoms with Crippen LogP contribution in [0.4, 0.5) is 9.52 Å². The average Bonchev–Trinajstić information content (AvgIpc) is 3.09. The van der Waals surface area contributed by atoms with E-state index < -0.39 is 11.8 Å². The second kappa shape index (κ2) is 7.75. The fourth-order valence-electron chi connectivity index (χ4n) is 2.18. The molecule has 0 saturated carbocycles. The van der Waals surface area contributed by atoms with Gasteiger partial charge < -0.3 is 10.5 Å². The number of halogens is 1. The number of rotatable bonds is 6. The van der Waals surface area contributed by atoms with Crippen LogP contribution in [0.25, 0.3) is 11.3 Å². The Bertz CT molecular complexity index is 941. The van der Waals surface area contributed by atoms with E-state index in [1.54, 1.807) is 35.7 Å². The summed E-state index contributed by atoms with van der Waals surface area (Å²) in [5.74, 6) is -1.15. The second-order valence-electron chi connectivity index (χ2n) is 5.24. The molecule has 0 radical (unpaired) electrons. The van der Waals surface area contributed by atoms with Crippen LogP contribution >= 0.6 is 11.3 Å². The number of carbonyl (C=O) groups is 2. The molecule has 0 fully saturated rings. The SMILES string of the molecule is NC(=O)c1ccccc1OCC(=O)Nc1nc(-c2ccc(F)cc2)cs1. The van der Waals surface area contributed by atoms with Gasteiger partial charge in [-0.2, -0.15) is 0 Å². The van der Waals surface area contributed by atoms with Crippen LogP contribution in [-0.2, 0) is 4.79 Å². The van der Waals surface area contributed by atoms with Gasteiger partial charge in [0.2, 0.25) is 0 Å². The first-order valence-electron chi connectivity index (χ1n) is 7.56. The van der Waals surface area contributed by atoms with Crippen LogP contribution in [0.1, 0.15) is 10.4 Å². The molecule has 8 heteroatoms. The number of hydrogen-bond acceptors (Lipinski definition) is 5. The average molecular weight is 371 g/mol. The monoisotopic (exact) mass is 371 g/mol. The topological polar surface area (TPSA) is 94.3 Å². The van der Waals surface area contributed by atoms with Gasteiger partial charge in [0, 0.05) is 10.9 Å². The summed E-state index contributed by atoms with van der Waals surface area (Å²) in [5, 5.41) is 4.76. The molecule has 0 atom stereocenters. The van der Waals surface area contributed by atoms with Gasteiger partial charge in [-0.3, -0.25) is 14.9 Å². The summed E-state index contributed by atoms with van der Waals surface area (Å²) in [6, 6.07) is 12.3. The molecule has 6 nitrogen and oxygen atoms in total. The number of benzene rings is 2. The molecule has 0 aliphatic heterocycles. The lowest BCUT2D eigenvalue weighted by molar-refractivity contribution is -0.118. The molecule has 3 N–H and O–H groups in total. The van der Waals surface area contributed by atoms with Crippen molar-refractivity contribution in [1.82, 2.24) is 4.98 Å². The number of nitrogens with one attached hydrogen (secondary N) is 1. The van der Waals surface area contributed by atoms with Gasteiger partial charge in [0.15, 0.2) is 11.7 Å². The zero-order chi connectivity index (χ0) is 18.5. The summed E-state index contributed by atoms with van der Waals surface area (Å²) < 4.78 is 18.3. The zero-order valence-electron chi connectivity index (χ0n) is 13.4. The van der Waals surface area contributed by atoms with E-state index in [0.29, 0.717) is 10.8 Å². The van der Waals surface area contributed by atoms with Gasteiger partial charge in [0.05, 0.1) is 11.3 Å². The van der Waals surface area contributed by atoms with Crippen molar-refractivity contribution in [3.63, 3.8) is 0 Å².